The zero-order valence-electron chi connectivity index (χ0n) is 12.6. The van der Waals surface area contributed by atoms with Crippen molar-refractivity contribution < 1.29 is 9.47 Å². The minimum atomic E-state index is 0.421. The molecular weight excluding hydrogens is 214 g/mol. The molecule has 0 rings (SSSR count). The van der Waals surface area contributed by atoms with Crippen molar-refractivity contribution in [2.45, 2.75) is 58.4 Å². The first-order chi connectivity index (χ1) is 8.26. The third-order valence-corrected chi connectivity index (χ3v) is 2.65. The van der Waals surface area contributed by atoms with Crippen LogP contribution in [0.15, 0.2) is 0 Å². The summed E-state index contributed by atoms with van der Waals surface area (Å²) in [5.74, 6) is 0. The predicted molar refractivity (Wildman–Crippen MR) is 75.6 cm³/mol. The van der Waals surface area contributed by atoms with Crippen LogP contribution in [-0.2, 0) is 9.47 Å². The number of rotatable bonds is 10. The molecule has 0 saturated carbocycles. The molecule has 0 aromatic rings. The Morgan fingerprint density at radius 2 is 1.53 bits per heavy atom. The van der Waals surface area contributed by atoms with Crippen molar-refractivity contribution in [1.82, 2.24) is 5.32 Å². The maximum absolute atomic E-state index is 4.97. The van der Waals surface area contributed by atoms with Crippen LogP contribution in [0.3, 0.4) is 0 Å². The lowest BCUT2D eigenvalue weighted by atomic mass is 10.2. The first kappa shape index (κ1) is 19.2. The van der Waals surface area contributed by atoms with Crippen molar-refractivity contribution in [3.05, 3.63) is 0 Å². The van der Waals surface area contributed by atoms with E-state index in [1.165, 1.54) is 32.1 Å². The van der Waals surface area contributed by atoms with Crippen LogP contribution in [0.25, 0.3) is 0 Å². The molecule has 0 aromatic heterocycles. The van der Waals surface area contributed by atoms with Crippen molar-refractivity contribution >= 4 is 0 Å². The summed E-state index contributed by atoms with van der Waals surface area (Å²) in [4.78, 5) is 0. The Kier molecular flexibility index (Phi) is 20.6. The Labute approximate surface area is 108 Å². The van der Waals surface area contributed by atoms with E-state index in [4.69, 9.17) is 9.47 Å². The van der Waals surface area contributed by atoms with Gasteiger partial charge in [-0.25, -0.2) is 0 Å². The molecule has 0 amide bonds. The molecule has 1 atom stereocenters. The molecule has 106 valence electrons. The van der Waals surface area contributed by atoms with E-state index >= 15 is 0 Å². The van der Waals surface area contributed by atoms with Gasteiger partial charge in [-0.2, -0.15) is 0 Å². The van der Waals surface area contributed by atoms with E-state index in [1.54, 1.807) is 14.2 Å². The van der Waals surface area contributed by atoms with E-state index in [1.807, 2.05) is 7.05 Å². The van der Waals surface area contributed by atoms with E-state index in [0.29, 0.717) is 6.04 Å². The number of ether oxygens (including phenoxy) is 2. The van der Waals surface area contributed by atoms with Crippen molar-refractivity contribution in [2.24, 2.45) is 0 Å². The molecule has 3 nitrogen and oxygen atoms in total. The fourth-order valence-corrected chi connectivity index (χ4v) is 1.45. The zero-order valence-corrected chi connectivity index (χ0v) is 12.6. The van der Waals surface area contributed by atoms with Crippen LogP contribution >= 0.6 is 0 Å². The lowest BCUT2D eigenvalue weighted by molar-refractivity contribution is 0.135. The maximum Gasteiger partial charge on any atom is 0.0616 e. The average Bonchev–Trinajstić information content (AvgIpc) is 2.36. The standard InChI is InChI=1S/C7H17NO2.C7H16/c1-8-7(6-10-3)4-5-9-2;1-3-5-7-6-4-2/h7-8H,4-6H2,1-3H3;3-7H2,1-2H3. The van der Waals surface area contributed by atoms with E-state index in [9.17, 15) is 0 Å². The van der Waals surface area contributed by atoms with Crippen LogP contribution in [0.4, 0.5) is 0 Å². The Morgan fingerprint density at radius 3 is 1.88 bits per heavy atom. The lowest BCUT2D eigenvalue weighted by Gasteiger charge is -2.13. The molecular formula is C14H33NO2. The molecule has 1 unspecified atom stereocenters. The van der Waals surface area contributed by atoms with Gasteiger partial charge >= 0.3 is 0 Å². The maximum atomic E-state index is 4.97. The molecule has 0 aliphatic carbocycles. The molecule has 0 radical (unpaired) electrons. The van der Waals surface area contributed by atoms with Gasteiger partial charge in [-0.3, -0.25) is 0 Å². The number of nitrogens with one attached hydrogen (secondary N) is 1. The smallest absolute Gasteiger partial charge is 0.0616 e. The van der Waals surface area contributed by atoms with Gasteiger partial charge in [-0.1, -0.05) is 46.0 Å². The van der Waals surface area contributed by atoms with Crippen LogP contribution in [-0.4, -0.2) is 40.5 Å². The van der Waals surface area contributed by atoms with Crippen molar-refractivity contribution in [2.75, 3.05) is 34.5 Å². The van der Waals surface area contributed by atoms with E-state index in [0.717, 1.165) is 19.6 Å². The number of hydrogen-bond donors (Lipinski definition) is 1. The van der Waals surface area contributed by atoms with Gasteiger partial charge in [0.2, 0.25) is 0 Å². The van der Waals surface area contributed by atoms with Gasteiger partial charge in [0.15, 0.2) is 0 Å². The van der Waals surface area contributed by atoms with Crippen LogP contribution < -0.4 is 5.32 Å². The molecule has 3 heteroatoms. The van der Waals surface area contributed by atoms with Crippen LogP contribution in [0.1, 0.15) is 52.4 Å². The second-order valence-electron chi connectivity index (χ2n) is 4.28. The first-order valence-electron chi connectivity index (χ1n) is 6.91. The zero-order chi connectivity index (χ0) is 13.4. The SMILES string of the molecule is CCCCCCC.CNC(CCOC)COC. The Balaban J connectivity index is 0. The Hall–Kier alpha value is -0.120. The van der Waals surface area contributed by atoms with E-state index in [-0.39, 0.29) is 0 Å². The van der Waals surface area contributed by atoms with Crippen LogP contribution in [0.2, 0.25) is 0 Å². The second-order valence-corrected chi connectivity index (χ2v) is 4.28. The van der Waals surface area contributed by atoms with Gasteiger partial charge in [0.1, 0.15) is 0 Å². The lowest BCUT2D eigenvalue weighted by Crippen LogP contribution is -2.30. The fraction of sp³-hybridized carbons (Fsp3) is 1.00. The van der Waals surface area contributed by atoms with Crippen LogP contribution in [0, 0.1) is 0 Å². The van der Waals surface area contributed by atoms with Gasteiger partial charge in [0.25, 0.3) is 0 Å². The molecule has 0 aromatic carbocycles. The summed E-state index contributed by atoms with van der Waals surface area (Å²) in [6, 6.07) is 0.421. The molecule has 17 heavy (non-hydrogen) atoms. The highest BCUT2D eigenvalue weighted by atomic mass is 16.5. The molecule has 0 spiro atoms. The number of hydrogen-bond acceptors (Lipinski definition) is 3. The molecule has 0 bridgehead atoms. The number of unbranched alkanes of at least 4 members (excludes halogenated alkanes) is 4. The second kappa shape index (κ2) is 18.3. The van der Waals surface area contributed by atoms with Crippen molar-refractivity contribution in [3.63, 3.8) is 0 Å². The first-order valence-corrected chi connectivity index (χ1v) is 6.91. The summed E-state index contributed by atoms with van der Waals surface area (Å²) >= 11 is 0. The molecule has 0 aliphatic rings. The summed E-state index contributed by atoms with van der Waals surface area (Å²) in [5, 5.41) is 3.13. The average molecular weight is 247 g/mol. The molecule has 0 fully saturated rings. The summed E-state index contributed by atoms with van der Waals surface area (Å²) in [7, 11) is 5.34. The van der Waals surface area contributed by atoms with Gasteiger partial charge in [-0.05, 0) is 13.5 Å². The van der Waals surface area contributed by atoms with Crippen LogP contribution in [0.5, 0.6) is 0 Å². The summed E-state index contributed by atoms with van der Waals surface area (Å²) in [5.41, 5.74) is 0. The third-order valence-electron chi connectivity index (χ3n) is 2.65. The monoisotopic (exact) mass is 247 g/mol. The van der Waals surface area contributed by atoms with Crippen molar-refractivity contribution in [3.8, 4) is 0 Å². The Morgan fingerprint density at radius 1 is 0.941 bits per heavy atom. The normalized spacial score (nSPS) is 11.8. The minimum Gasteiger partial charge on any atom is -0.385 e. The summed E-state index contributed by atoms with van der Waals surface area (Å²) in [6.45, 7) is 6.03. The highest BCUT2D eigenvalue weighted by molar-refractivity contribution is 4.61. The van der Waals surface area contributed by atoms with E-state index in [2.05, 4.69) is 19.2 Å². The molecule has 0 saturated heterocycles. The minimum absolute atomic E-state index is 0.421. The Bertz CT molecular complexity index is 117. The van der Waals surface area contributed by atoms with Gasteiger partial charge in [-0.15, -0.1) is 0 Å². The quantitative estimate of drug-likeness (QED) is 0.601. The summed E-state index contributed by atoms with van der Waals surface area (Å²) < 4.78 is 9.90. The highest BCUT2D eigenvalue weighted by Gasteiger charge is 2.02. The number of methoxy groups -OCH3 is 2. The predicted octanol–water partition coefficient (Wildman–Crippen LogP) is 3.23. The molecule has 0 heterocycles. The molecule has 0 aliphatic heterocycles. The fourth-order valence-electron chi connectivity index (χ4n) is 1.45. The topological polar surface area (TPSA) is 30.5 Å². The molecule has 1 N–H and O–H groups in total. The summed E-state index contributed by atoms with van der Waals surface area (Å²) in [6.07, 6.45) is 8.01. The van der Waals surface area contributed by atoms with Gasteiger partial charge in [0.05, 0.1) is 6.61 Å². The van der Waals surface area contributed by atoms with Crippen molar-refractivity contribution in [1.29, 1.82) is 0 Å². The van der Waals surface area contributed by atoms with E-state index < -0.39 is 0 Å². The highest BCUT2D eigenvalue weighted by Crippen LogP contribution is 2.00. The van der Waals surface area contributed by atoms with Gasteiger partial charge in [0, 0.05) is 26.9 Å². The largest absolute Gasteiger partial charge is 0.385 e. The third kappa shape index (κ3) is 18.4. The van der Waals surface area contributed by atoms with Gasteiger partial charge < -0.3 is 14.8 Å². The number of likely N-dealkylation sites (N-methyl/N-ethyl adjacent to an activating group) is 1.